The number of anilines is 1. The highest BCUT2D eigenvalue weighted by Gasteiger charge is 2.33. The van der Waals surface area contributed by atoms with E-state index < -0.39 is 11.9 Å². The largest absolute Gasteiger partial charge is 0.481 e. The lowest BCUT2D eigenvalue weighted by molar-refractivity contribution is -0.141. The van der Waals surface area contributed by atoms with Crippen molar-refractivity contribution in [2.45, 2.75) is 25.8 Å². The number of hydrogen-bond acceptors (Lipinski definition) is 4. The Hall–Kier alpha value is -2.70. The van der Waals surface area contributed by atoms with Gasteiger partial charge < -0.3 is 10.4 Å². The van der Waals surface area contributed by atoms with Gasteiger partial charge in [-0.1, -0.05) is 12.1 Å². The van der Waals surface area contributed by atoms with Gasteiger partial charge in [0.15, 0.2) is 0 Å². The molecular formula is C16H18N4O3. The van der Waals surface area contributed by atoms with Gasteiger partial charge in [-0.05, 0) is 37.0 Å². The lowest BCUT2D eigenvalue weighted by Crippen LogP contribution is -2.21. The van der Waals surface area contributed by atoms with Crippen LogP contribution in [0, 0.1) is 11.8 Å². The third kappa shape index (κ3) is 3.74. The monoisotopic (exact) mass is 314 g/mol. The maximum Gasteiger partial charge on any atom is 0.306 e. The SMILES string of the molecule is O=C(O)[C@@H]1CC[C@H](C(=O)Nc2cccc(Cn3cncn3)c2)C1. The molecule has 0 aliphatic heterocycles. The Kier molecular flexibility index (Phi) is 4.36. The molecule has 7 nitrogen and oxygen atoms in total. The van der Waals surface area contributed by atoms with Gasteiger partial charge in [0.25, 0.3) is 0 Å². The van der Waals surface area contributed by atoms with Crippen molar-refractivity contribution in [1.82, 2.24) is 14.8 Å². The Morgan fingerprint density at radius 1 is 1.30 bits per heavy atom. The van der Waals surface area contributed by atoms with Crippen LogP contribution >= 0.6 is 0 Å². The third-order valence-corrected chi connectivity index (χ3v) is 4.16. The number of hydrogen-bond donors (Lipinski definition) is 2. The number of carbonyl (C=O) groups excluding carboxylic acids is 1. The topological polar surface area (TPSA) is 97.1 Å². The molecule has 0 radical (unpaired) electrons. The van der Waals surface area contributed by atoms with Crippen LogP contribution in [0.3, 0.4) is 0 Å². The van der Waals surface area contributed by atoms with E-state index in [0.717, 1.165) is 5.56 Å². The first-order valence-corrected chi connectivity index (χ1v) is 7.57. The maximum absolute atomic E-state index is 12.3. The highest BCUT2D eigenvalue weighted by atomic mass is 16.4. The molecular weight excluding hydrogens is 296 g/mol. The molecule has 0 spiro atoms. The summed E-state index contributed by atoms with van der Waals surface area (Å²) in [6, 6.07) is 7.54. The summed E-state index contributed by atoms with van der Waals surface area (Å²) >= 11 is 0. The van der Waals surface area contributed by atoms with E-state index in [1.807, 2.05) is 24.3 Å². The van der Waals surface area contributed by atoms with Gasteiger partial charge in [0.1, 0.15) is 12.7 Å². The fourth-order valence-corrected chi connectivity index (χ4v) is 2.94. The number of nitrogens with one attached hydrogen (secondary N) is 1. The van der Waals surface area contributed by atoms with Gasteiger partial charge in [0, 0.05) is 11.6 Å². The lowest BCUT2D eigenvalue weighted by Gasteiger charge is -2.12. The molecule has 120 valence electrons. The van der Waals surface area contributed by atoms with Crippen molar-refractivity contribution in [2.75, 3.05) is 5.32 Å². The second-order valence-corrected chi connectivity index (χ2v) is 5.83. The third-order valence-electron chi connectivity index (χ3n) is 4.16. The molecule has 3 rings (SSSR count). The Morgan fingerprint density at radius 2 is 2.13 bits per heavy atom. The number of amides is 1. The minimum absolute atomic E-state index is 0.105. The molecule has 1 aliphatic carbocycles. The van der Waals surface area contributed by atoms with E-state index in [1.165, 1.54) is 6.33 Å². The van der Waals surface area contributed by atoms with E-state index >= 15 is 0 Å². The van der Waals surface area contributed by atoms with Gasteiger partial charge in [0.05, 0.1) is 12.5 Å². The fraction of sp³-hybridized carbons (Fsp3) is 0.375. The molecule has 1 saturated carbocycles. The van der Waals surface area contributed by atoms with Crippen LogP contribution in [-0.4, -0.2) is 31.7 Å². The summed E-state index contributed by atoms with van der Waals surface area (Å²) in [7, 11) is 0. The number of carboxylic acids is 1. The Labute approximate surface area is 133 Å². The van der Waals surface area contributed by atoms with Crippen molar-refractivity contribution in [3.05, 3.63) is 42.5 Å². The summed E-state index contributed by atoms with van der Waals surface area (Å²) in [6.07, 6.45) is 4.72. The van der Waals surface area contributed by atoms with Gasteiger partial charge in [-0.15, -0.1) is 0 Å². The number of benzene rings is 1. The summed E-state index contributed by atoms with van der Waals surface area (Å²) < 4.78 is 1.70. The van der Waals surface area contributed by atoms with E-state index in [0.29, 0.717) is 31.5 Å². The molecule has 0 unspecified atom stereocenters. The van der Waals surface area contributed by atoms with Crippen LogP contribution < -0.4 is 5.32 Å². The zero-order chi connectivity index (χ0) is 16.2. The van der Waals surface area contributed by atoms with Crippen LogP contribution in [0.1, 0.15) is 24.8 Å². The van der Waals surface area contributed by atoms with Crippen molar-refractivity contribution in [3.8, 4) is 0 Å². The smallest absolute Gasteiger partial charge is 0.306 e. The molecule has 1 aromatic heterocycles. The summed E-state index contributed by atoms with van der Waals surface area (Å²) in [5, 5.41) is 16.0. The number of aromatic nitrogens is 3. The van der Waals surface area contributed by atoms with E-state index in [2.05, 4.69) is 15.4 Å². The van der Waals surface area contributed by atoms with Gasteiger partial charge in [-0.2, -0.15) is 5.10 Å². The zero-order valence-electron chi connectivity index (χ0n) is 12.6. The molecule has 0 bridgehead atoms. The first-order valence-electron chi connectivity index (χ1n) is 7.57. The molecule has 1 fully saturated rings. The van der Waals surface area contributed by atoms with E-state index in [9.17, 15) is 9.59 Å². The average molecular weight is 314 g/mol. The normalized spacial score (nSPS) is 20.3. The number of carbonyl (C=O) groups is 2. The number of carboxylic acid groups (broad SMARTS) is 1. The van der Waals surface area contributed by atoms with Crippen molar-refractivity contribution >= 4 is 17.6 Å². The summed E-state index contributed by atoms with van der Waals surface area (Å²) in [4.78, 5) is 27.2. The molecule has 7 heteroatoms. The van der Waals surface area contributed by atoms with Gasteiger partial charge >= 0.3 is 5.97 Å². The van der Waals surface area contributed by atoms with Crippen molar-refractivity contribution < 1.29 is 14.7 Å². The van der Waals surface area contributed by atoms with E-state index in [1.54, 1.807) is 11.0 Å². The number of aliphatic carboxylic acids is 1. The molecule has 1 heterocycles. The fourth-order valence-electron chi connectivity index (χ4n) is 2.94. The second-order valence-electron chi connectivity index (χ2n) is 5.83. The van der Waals surface area contributed by atoms with Crippen LogP contribution in [0.4, 0.5) is 5.69 Å². The van der Waals surface area contributed by atoms with E-state index in [4.69, 9.17) is 5.11 Å². The predicted molar refractivity (Wildman–Crippen MR) is 82.7 cm³/mol. The molecule has 1 aromatic carbocycles. The van der Waals surface area contributed by atoms with Crippen LogP contribution in [0.25, 0.3) is 0 Å². The molecule has 2 atom stereocenters. The number of nitrogens with zero attached hydrogens (tertiary/aromatic N) is 3. The first kappa shape index (κ1) is 15.2. The second kappa shape index (κ2) is 6.60. The first-order chi connectivity index (χ1) is 11.1. The molecule has 1 aliphatic rings. The highest BCUT2D eigenvalue weighted by Crippen LogP contribution is 2.31. The van der Waals surface area contributed by atoms with Crippen LogP contribution in [-0.2, 0) is 16.1 Å². The Balaban J connectivity index is 1.61. The van der Waals surface area contributed by atoms with Crippen LogP contribution in [0.2, 0.25) is 0 Å². The minimum atomic E-state index is -0.810. The Morgan fingerprint density at radius 3 is 2.83 bits per heavy atom. The highest BCUT2D eigenvalue weighted by molar-refractivity contribution is 5.93. The molecule has 2 aromatic rings. The van der Waals surface area contributed by atoms with Crippen molar-refractivity contribution in [3.63, 3.8) is 0 Å². The zero-order valence-corrected chi connectivity index (χ0v) is 12.6. The maximum atomic E-state index is 12.3. The summed E-state index contributed by atoms with van der Waals surface area (Å²) in [5.41, 5.74) is 1.72. The summed E-state index contributed by atoms with van der Waals surface area (Å²) in [5.74, 6) is -1.54. The van der Waals surface area contributed by atoms with Gasteiger partial charge in [-0.25, -0.2) is 9.67 Å². The lowest BCUT2D eigenvalue weighted by atomic mass is 10.0. The quantitative estimate of drug-likeness (QED) is 0.876. The van der Waals surface area contributed by atoms with Crippen LogP contribution in [0.5, 0.6) is 0 Å². The minimum Gasteiger partial charge on any atom is -0.481 e. The van der Waals surface area contributed by atoms with Crippen molar-refractivity contribution in [1.29, 1.82) is 0 Å². The van der Waals surface area contributed by atoms with E-state index in [-0.39, 0.29) is 11.8 Å². The van der Waals surface area contributed by atoms with Crippen LogP contribution in [0.15, 0.2) is 36.9 Å². The molecule has 2 N–H and O–H groups in total. The number of rotatable bonds is 5. The van der Waals surface area contributed by atoms with Gasteiger partial charge in [-0.3, -0.25) is 9.59 Å². The Bertz CT molecular complexity index is 699. The van der Waals surface area contributed by atoms with Crippen molar-refractivity contribution in [2.24, 2.45) is 11.8 Å². The molecule has 0 saturated heterocycles. The molecule has 23 heavy (non-hydrogen) atoms. The molecule has 1 amide bonds. The summed E-state index contributed by atoms with van der Waals surface area (Å²) in [6.45, 7) is 0.578. The standard InChI is InChI=1S/C16H18N4O3/c21-15(12-4-5-13(7-12)16(22)23)19-14-3-1-2-11(6-14)8-20-10-17-9-18-20/h1-3,6,9-10,12-13H,4-5,7-8H2,(H,19,21)(H,22,23)/t12-,13+/m0/s1. The predicted octanol–water partition coefficient (Wildman–Crippen LogP) is 1.77. The average Bonchev–Trinajstić information content (AvgIpc) is 3.18. The van der Waals surface area contributed by atoms with Gasteiger partial charge in [0.2, 0.25) is 5.91 Å².